The highest BCUT2D eigenvalue weighted by molar-refractivity contribution is 7.15. The standard InChI is InChI=1S/C14H25N3S/c1-5-15-8-13-11(4)16-14(18-13)17(9-10(2)3)12-6-7-12/h10,12,15H,5-9H2,1-4H3. The molecule has 0 saturated heterocycles. The minimum atomic E-state index is 0.701. The van der Waals surface area contributed by atoms with Crippen LogP contribution >= 0.6 is 11.3 Å². The second-order valence-corrected chi connectivity index (χ2v) is 6.62. The monoisotopic (exact) mass is 267 g/mol. The van der Waals surface area contributed by atoms with Crippen molar-refractivity contribution >= 4 is 16.5 Å². The van der Waals surface area contributed by atoms with E-state index in [2.05, 4.69) is 37.9 Å². The maximum Gasteiger partial charge on any atom is 0.186 e. The molecule has 0 bridgehead atoms. The van der Waals surface area contributed by atoms with E-state index in [9.17, 15) is 0 Å². The van der Waals surface area contributed by atoms with Gasteiger partial charge in [-0.05, 0) is 32.2 Å². The molecule has 18 heavy (non-hydrogen) atoms. The molecule has 1 fully saturated rings. The summed E-state index contributed by atoms with van der Waals surface area (Å²) in [5.41, 5.74) is 1.20. The highest BCUT2D eigenvalue weighted by Crippen LogP contribution is 2.35. The number of hydrogen-bond acceptors (Lipinski definition) is 4. The molecule has 1 saturated carbocycles. The molecule has 0 unspecified atom stereocenters. The fraction of sp³-hybridized carbons (Fsp3) is 0.786. The number of nitrogens with zero attached hydrogens (tertiary/aromatic N) is 2. The summed E-state index contributed by atoms with van der Waals surface area (Å²) in [5.74, 6) is 0.701. The average Bonchev–Trinajstić information content (AvgIpc) is 3.08. The minimum Gasteiger partial charge on any atom is -0.345 e. The van der Waals surface area contributed by atoms with Crippen LogP contribution in [0.25, 0.3) is 0 Å². The molecule has 4 heteroatoms. The first kappa shape index (κ1) is 13.8. The van der Waals surface area contributed by atoms with Crippen molar-refractivity contribution in [3.63, 3.8) is 0 Å². The Bertz CT molecular complexity index is 382. The Morgan fingerprint density at radius 2 is 2.17 bits per heavy atom. The molecular weight excluding hydrogens is 242 g/mol. The molecule has 1 aromatic rings. The molecule has 1 aliphatic carbocycles. The fourth-order valence-electron chi connectivity index (χ4n) is 2.10. The molecule has 1 aliphatic rings. The molecule has 3 nitrogen and oxygen atoms in total. The smallest absolute Gasteiger partial charge is 0.186 e. The molecule has 0 radical (unpaired) electrons. The van der Waals surface area contributed by atoms with Crippen molar-refractivity contribution in [3.05, 3.63) is 10.6 Å². The van der Waals surface area contributed by atoms with Gasteiger partial charge in [0.05, 0.1) is 5.69 Å². The van der Waals surface area contributed by atoms with Crippen molar-refractivity contribution < 1.29 is 0 Å². The van der Waals surface area contributed by atoms with Crippen LogP contribution in [0, 0.1) is 12.8 Å². The molecule has 1 heterocycles. The molecule has 0 aromatic carbocycles. The number of anilines is 1. The Morgan fingerprint density at radius 3 is 2.72 bits per heavy atom. The van der Waals surface area contributed by atoms with E-state index in [1.54, 1.807) is 0 Å². The van der Waals surface area contributed by atoms with Gasteiger partial charge in [-0.3, -0.25) is 0 Å². The molecule has 102 valence electrons. The van der Waals surface area contributed by atoms with E-state index in [1.165, 1.54) is 28.5 Å². The maximum absolute atomic E-state index is 4.78. The van der Waals surface area contributed by atoms with Gasteiger partial charge in [-0.25, -0.2) is 4.98 Å². The van der Waals surface area contributed by atoms with Crippen LogP contribution in [0.3, 0.4) is 0 Å². The third kappa shape index (κ3) is 3.45. The van der Waals surface area contributed by atoms with E-state index in [-0.39, 0.29) is 0 Å². The zero-order valence-corrected chi connectivity index (χ0v) is 12.8. The Hall–Kier alpha value is -0.610. The average molecular weight is 267 g/mol. The lowest BCUT2D eigenvalue weighted by Gasteiger charge is -2.23. The summed E-state index contributed by atoms with van der Waals surface area (Å²) in [7, 11) is 0. The molecule has 0 spiro atoms. The fourth-order valence-corrected chi connectivity index (χ4v) is 3.21. The Balaban J connectivity index is 2.09. The van der Waals surface area contributed by atoms with E-state index >= 15 is 0 Å². The Labute approximate surface area is 115 Å². The summed E-state index contributed by atoms with van der Waals surface area (Å²) in [6, 6.07) is 0.755. The second kappa shape index (κ2) is 6.02. The predicted octanol–water partition coefficient (Wildman–Crippen LogP) is 3.19. The van der Waals surface area contributed by atoms with Gasteiger partial charge in [-0.1, -0.05) is 20.8 Å². The number of aryl methyl sites for hydroxylation is 1. The third-order valence-corrected chi connectivity index (χ3v) is 4.41. The first-order chi connectivity index (χ1) is 8.61. The van der Waals surface area contributed by atoms with E-state index in [4.69, 9.17) is 4.98 Å². The van der Waals surface area contributed by atoms with Crippen molar-refractivity contribution in [2.75, 3.05) is 18.0 Å². The SMILES string of the molecule is CCNCc1sc(N(CC(C)C)C2CC2)nc1C. The molecule has 2 rings (SSSR count). The zero-order valence-electron chi connectivity index (χ0n) is 12.0. The summed E-state index contributed by atoms with van der Waals surface area (Å²) in [6.07, 6.45) is 2.68. The summed E-state index contributed by atoms with van der Waals surface area (Å²) in [4.78, 5) is 8.70. The molecule has 0 aliphatic heterocycles. The molecular formula is C14H25N3S. The molecule has 0 amide bonds. The number of nitrogens with one attached hydrogen (secondary N) is 1. The van der Waals surface area contributed by atoms with Crippen LogP contribution in [0.5, 0.6) is 0 Å². The predicted molar refractivity (Wildman–Crippen MR) is 79.4 cm³/mol. The highest BCUT2D eigenvalue weighted by atomic mass is 32.1. The van der Waals surface area contributed by atoms with Crippen molar-refractivity contribution in [3.8, 4) is 0 Å². The van der Waals surface area contributed by atoms with Crippen LogP contribution in [-0.4, -0.2) is 24.1 Å². The number of hydrogen-bond donors (Lipinski definition) is 1. The van der Waals surface area contributed by atoms with Gasteiger partial charge >= 0.3 is 0 Å². The van der Waals surface area contributed by atoms with Crippen LogP contribution in [0.4, 0.5) is 5.13 Å². The summed E-state index contributed by atoms with van der Waals surface area (Å²) in [5, 5.41) is 4.63. The maximum atomic E-state index is 4.78. The van der Waals surface area contributed by atoms with Gasteiger partial charge in [-0.2, -0.15) is 0 Å². The van der Waals surface area contributed by atoms with Gasteiger partial charge < -0.3 is 10.2 Å². The minimum absolute atomic E-state index is 0.701. The van der Waals surface area contributed by atoms with Crippen LogP contribution < -0.4 is 10.2 Å². The summed E-state index contributed by atoms with van der Waals surface area (Å²) in [6.45, 7) is 12.0. The van der Waals surface area contributed by atoms with Crippen LogP contribution in [0.1, 0.15) is 44.2 Å². The zero-order chi connectivity index (χ0) is 13.1. The van der Waals surface area contributed by atoms with E-state index in [0.29, 0.717) is 5.92 Å². The third-order valence-electron chi connectivity index (χ3n) is 3.21. The lowest BCUT2D eigenvalue weighted by molar-refractivity contribution is 0.606. The van der Waals surface area contributed by atoms with Gasteiger partial charge in [0.2, 0.25) is 0 Å². The van der Waals surface area contributed by atoms with Crippen LogP contribution in [-0.2, 0) is 6.54 Å². The number of thiazole rings is 1. The number of aromatic nitrogens is 1. The quantitative estimate of drug-likeness (QED) is 0.822. The van der Waals surface area contributed by atoms with Gasteiger partial charge in [0.1, 0.15) is 0 Å². The van der Waals surface area contributed by atoms with E-state index in [1.807, 2.05) is 11.3 Å². The summed E-state index contributed by atoms with van der Waals surface area (Å²) >= 11 is 1.87. The first-order valence-electron chi connectivity index (χ1n) is 7.05. The number of rotatable bonds is 7. The largest absolute Gasteiger partial charge is 0.345 e. The summed E-state index contributed by atoms with van der Waals surface area (Å²) < 4.78 is 0. The first-order valence-corrected chi connectivity index (χ1v) is 7.87. The van der Waals surface area contributed by atoms with E-state index in [0.717, 1.165) is 25.7 Å². The van der Waals surface area contributed by atoms with Crippen molar-refractivity contribution in [2.45, 2.75) is 53.1 Å². The highest BCUT2D eigenvalue weighted by Gasteiger charge is 2.31. The van der Waals surface area contributed by atoms with Gasteiger partial charge in [0.25, 0.3) is 0 Å². The molecule has 1 N–H and O–H groups in total. The lowest BCUT2D eigenvalue weighted by atomic mass is 10.2. The Kier molecular flexibility index (Phi) is 4.62. The van der Waals surface area contributed by atoms with Crippen molar-refractivity contribution in [1.29, 1.82) is 0 Å². The molecule has 1 aromatic heterocycles. The van der Waals surface area contributed by atoms with Crippen molar-refractivity contribution in [1.82, 2.24) is 10.3 Å². The van der Waals surface area contributed by atoms with Crippen LogP contribution in [0.2, 0.25) is 0 Å². The van der Waals surface area contributed by atoms with Gasteiger partial charge in [0, 0.05) is 24.0 Å². The Morgan fingerprint density at radius 1 is 1.44 bits per heavy atom. The van der Waals surface area contributed by atoms with Gasteiger partial charge in [0.15, 0.2) is 5.13 Å². The van der Waals surface area contributed by atoms with Crippen LogP contribution in [0.15, 0.2) is 0 Å². The van der Waals surface area contributed by atoms with Crippen molar-refractivity contribution in [2.24, 2.45) is 5.92 Å². The van der Waals surface area contributed by atoms with E-state index < -0.39 is 0 Å². The topological polar surface area (TPSA) is 28.2 Å². The second-order valence-electron chi connectivity index (χ2n) is 5.56. The lowest BCUT2D eigenvalue weighted by Crippen LogP contribution is -2.29. The van der Waals surface area contributed by atoms with Gasteiger partial charge in [-0.15, -0.1) is 11.3 Å². The normalized spacial score (nSPS) is 15.4. The molecule has 0 atom stereocenters.